The molecule has 5 heteroatoms. The van der Waals surface area contributed by atoms with Crippen LogP contribution in [-0.4, -0.2) is 18.1 Å². The Balaban J connectivity index is 2.59. The first kappa shape index (κ1) is 13.5. The Morgan fingerprint density at radius 2 is 2.05 bits per heavy atom. The summed E-state index contributed by atoms with van der Waals surface area (Å²) in [6.07, 6.45) is 0. The lowest BCUT2D eigenvalue weighted by atomic mass is 10.1. The van der Waals surface area contributed by atoms with Crippen LogP contribution < -0.4 is 0 Å². The molecule has 1 heterocycles. The molecule has 0 aliphatic carbocycles. The molecule has 0 saturated carbocycles. The van der Waals surface area contributed by atoms with Gasteiger partial charge in [-0.25, -0.2) is 9.18 Å². The lowest BCUT2D eigenvalue weighted by Crippen LogP contribution is -2.02. The summed E-state index contributed by atoms with van der Waals surface area (Å²) in [7, 11) is 1.24. The third kappa shape index (κ3) is 2.90. The number of carbonyl (C=O) groups is 1. The molecular weight excluding hydrogens is 269 g/mol. The Labute approximate surface area is 115 Å². The van der Waals surface area contributed by atoms with Crippen molar-refractivity contribution in [3.63, 3.8) is 0 Å². The third-order valence-electron chi connectivity index (χ3n) is 2.58. The highest BCUT2D eigenvalue weighted by molar-refractivity contribution is 6.33. The van der Waals surface area contributed by atoms with Gasteiger partial charge in [0.05, 0.1) is 23.4 Å². The van der Waals surface area contributed by atoms with E-state index in [-0.39, 0.29) is 5.56 Å². The number of benzene rings is 1. The van der Waals surface area contributed by atoms with Gasteiger partial charge in [0.2, 0.25) is 0 Å². The average molecular weight is 280 g/mol. The molecule has 0 N–H and O–H groups in total. The van der Waals surface area contributed by atoms with Crippen molar-refractivity contribution in [1.29, 1.82) is 0 Å². The normalized spacial score (nSPS) is 10.3. The van der Waals surface area contributed by atoms with E-state index < -0.39 is 11.8 Å². The third-order valence-corrected chi connectivity index (χ3v) is 2.88. The van der Waals surface area contributed by atoms with Gasteiger partial charge in [-0.1, -0.05) is 11.6 Å². The standard InChI is InChI=1S/C14H11ClFNO2/c1-8-3-4-12(15)13(17-8)9-5-10(14(18)19-2)7-11(16)6-9/h3-7H,1-2H3. The lowest BCUT2D eigenvalue weighted by molar-refractivity contribution is 0.0600. The topological polar surface area (TPSA) is 39.2 Å². The summed E-state index contributed by atoms with van der Waals surface area (Å²) >= 11 is 6.05. The van der Waals surface area contributed by atoms with E-state index in [9.17, 15) is 9.18 Å². The Morgan fingerprint density at radius 1 is 1.32 bits per heavy atom. The number of aromatic nitrogens is 1. The van der Waals surface area contributed by atoms with Crippen LogP contribution >= 0.6 is 11.6 Å². The highest BCUT2D eigenvalue weighted by atomic mass is 35.5. The summed E-state index contributed by atoms with van der Waals surface area (Å²) in [4.78, 5) is 15.7. The molecule has 0 spiro atoms. The van der Waals surface area contributed by atoms with Gasteiger partial charge in [-0.15, -0.1) is 0 Å². The quantitative estimate of drug-likeness (QED) is 0.788. The van der Waals surface area contributed by atoms with E-state index in [4.69, 9.17) is 11.6 Å². The highest BCUT2D eigenvalue weighted by Gasteiger charge is 2.13. The first-order chi connectivity index (χ1) is 9.01. The molecule has 0 bridgehead atoms. The second kappa shape index (κ2) is 5.36. The first-order valence-corrected chi connectivity index (χ1v) is 5.91. The molecule has 98 valence electrons. The number of methoxy groups -OCH3 is 1. The molecule has 2 aromatic rings. The number of ether oxygens (including phenoxy) is 1. The minimum absolute atomic E-state index is 0.122. The van der Waals surface area contributed by atoms with Crippen molar-refractivity contribution < 1.29 is 13.9 Å². The molecule has 0 aliphatic rings. The number of esters is 1. The van der Waals surface area contributed by atoms with Crippen LogP contribution in [0.3, 0.4) is 0 Å². The van der Waals surface area contributed by atoms with E-state index in [1.54, 1.807) is 19.1 Å². The summed E-state index contributed by atoms with van der Waals surface area (Å²) in [5.41, 5.74) is 1.75. The number of pyridine rings is 1. The maximum absolute atomic E-state index is 13.6. The van der Waals surface area contributed by atoms with Gasteiger partial charge < -0.3 is 4.74 Å². The maximum Gasteiger partial charge on any atom is 0.337 e. The molecule has 0 radical (unpaired) electrons. The van der Waals surface area contributed by atoms with Gasteiger partial charge in [0.15, 0.2) is 0 Å². The molecule has 19 heavy (non-hydrogen) atoms. The molecule has 1 aromatic carbocycles. The number of rotatable bonds is 2. The average Bonchev–Trinajstić information content (AvgIpc) is 2.39. The zero-order chi connectivity index (χ0) is 14.0. The fraction of sp³-hybridized carbons (Fsp3) is 0.143. The Morgan fingerprint density at radius 3 is 2.74 bits per heavy atom. The van der Waals surface area contributed by atoms with Crippen LogP contribution in [0.2, 0.25) is 5.02 Å². The van der Waals surface area contributed by atoms with Crippen molar-refractivity contribution in [3.05, 3.63) is 52.4 Å². The van der Waals surface area contributed by atoms with E-state index in [1.165, 1.54) is 19.2 Å². The van der Waals surface area contributed by atoms with E-state index >= 15 is 0 Å². The summed E-state index contributed by atoms with van der Waals surface area (Å²) in [5, 5.41) is 0.395. The molecule has 2 rings (SSSR count). The first-order valence-electron chi connectivity index (χ1n) is 5.53. The molecule has 0 fully saturated rings. The van der Waals surface area contributed by atoms with E-state index in [1.807, 2.05) is 0 Å². The van der Waals surface area contributed by atoms with Crippen molar-refractivity contribution in [2.24, 2.45) is 0 Å². The molecule has 0 atom stereocenters. The number of hydrogen-bond acceptors (Lipinski definition) is 3. The predicted octanol–water partition coefficient (Wildman–Crippen LogP) is 3.64. The molecule has 1 aromatic heterocycles. The summed E-state index contributed by atoms with van der Waals surface area (Å²) in [6, 6.07) is 7.33. The van der Waals surface area contributed by atoms with Gasteiger partial charge in [-0.2, -0.15) is 0 Å². The number of halogens is 2. The van der Waals surface area contributed by atoms with E-state index in [0.29, 0.717) is 16.3 Å². The van der Waals surface area contributed by atoms with Crippen LogP contribution in [0, 0.1) is 12.7 Å². The molecule has 0 aliphatic heterocycles. The fourth-order valence-electron chi connectivity index (χ4n) is 1.70. The molecule has 0 amide bonds. The summed E-state index contributed by atoms with van der Waals surface area (Å²) < 4.78 is 18.1. The molecule has 0 saturated heterocycles. The minimum atomic E-state index is -0.607. The number of aryl methyl sites for hydroxylation is 1. The monoisotopic (exact) mass is 279 g/mol. The number of carbonyl (C=O) groups excluding carboxylic acids is 1. The largest absolute Gasteiger partial charge is 0.465 e. The van der Waals surface area contributed by atoms with Gasteiger partial charge in [-0.05, 0) is 37.3 Å². The Bertz CT molecular complexity index is 643. The van der Waals surface area contributed by atoms with Crippen molar-refractivity contribution in [3.8, 4) is 11.3 Å². The summed E-state index contributed by atoms with van der Waals surface area (Å²) in [6.45, 7) is 1.81. The van der Waals surface area contributed by atoms with Crippen molar-refractivity contribution in [2.75, 3.05) is 7.11 Å². The fourth-order valence-corrected chi connectivity index (χ4v) is 1.92. The molecular formula is C14H11ClFNO2. The highest BCUT2D eigenvalue weighted by Crippen LogP contribution is 2.27. The van der Waals surface area contributed by atoms with Crippen LogP contribution in [-0.2, 0) is 4.74 Å². The van der Waals surface area contributed by atoms with Gasteiger partial charge >= 0.3 is 5.97 Å². The second-order valence-corrected chi connectivity index (χ2v) is 4.41. The zero-order valence-electron chi connectivity index (χ0n) is 10.4. The van der Waals surface area contributed by atoms with Crippen molar-refractivity contribution in [1.82, 2.24) is 4.98 Å². The lowest BCUT2D eigenvalue weighted by Gasteiger charge is -2.07. The minimum Gasteiger partial charge on any atom is -0.465 e. The second-order valence-electron chi connectivity index (χ2n) is 4.00. The molecule has 0 unspecified atom stereocenters. The summed E-state index contributed by atoms with van der Waals surface area (Å²) in [5.74, 6) is -1.15. The number of hydrogen-bond donors (Lipinski definition) is 0. The van der Waals surface area contributed by atoms with Crippen LogP contribution in [0.5, 0.6) is 0 Å². The van der Waals surface area contributed by atoms with Crippen LogP contribution in [0.25, 0.3) is 11.3 Å². The van der Waals surface area contributed by atoms with Crippen LogP contribution in [0.4, 0.5) is 4.39 Å². The van der Waals surface area contributed by atoms with Crippen molar-refractivity contribution in [2.45, 2.75) is 6.92 Å². The smallest absolute Gasteiger partial charge is 0.337 e. The van der Waals surface area contributed by atoms with Crippen molar-refractivity contribution >= 4 is 17.6 Å². The maximum atomic E-state index is 13.6. The van der Waals surface area contributed by atoms with Crippen LogP contribution in [0.1, 0.15) is 16.1 Å². The number of nitrogens with zero attached hydrogens (tertiary/aromatic N) is 1. The van der Waals surface area contributed by atoms with E-state index in [0.717, 1.165) is 11.8 Å². The van der Waals surface area contributed by atoms with Gasteiger partial charge in [0.1, 0.15) is 5.82 Å². The van der Waals surface area contributed by atoms with Crippen LogP contribution in [0.15, 0.2) is 30.3 Å². The van der Waals surface area contributed by atoms with E-state index in [2.05, 4.69) is 9.72 Å². The molecule has 3 nitrogen and oxygen atoms in total. The Hall–Kier alpha value is -1.94. The predicted molar refractivity (Wildman–Crippen MR) is 70.7 cm³/mol. The Kier molecular flexibility index (Phi) is 3.81. The van der Waals surface area contributed by atoms with Gasteiger partial charge in [-0.3, -0.25) is 4.98 Å². The van der Waals surface area contributed by atoms with Gasteiger partial charge in [0, 0.05) is 11.3 Å². The SMILES string of the molecule is COC(=O)c1cc(F)cc(-c2nc(C)ccc2Cl)c1. The van der Waals surface area contributed by atoms with Gasteiger partial charge in [0.25, 0.3) is 0 Å². The zero-order valence-corrected chi connectivity index (χ0v) is 11.2.